The molecule has 1 amide bonds. The van der Waals surface area contributed by atoms with Crippen molar-refractivity contribution in [1.29, 1.82) is 5.26 Å². The lowest BCUT2D eigenvalue weighted by Gasteiger charge is -2.12. The van der Waals surface area contributed by atoms with Gasteiger partial charge >= 0.3 is 6.03 Å². The molecule has 0 aliphatic rings. The van der Waals surface area contributed by atoms with Crippen LogP contribution in [0.3, 0.4) is 0 Å². The van der Waals surface area contributed by atoms with Crippen LogP contribution in [0.25, 0.3) is 11.0 Å². The van der Waals surface area contributed by atoms with E-state index in [9.17, 15) is 4.79 Å². The van der Waals surface area contributed by atoms with Gasteiger partial charge in [0.05, 0.1) is 21.8 Å². The maximum atomic E-state index is 15.5. The molecule has 0 saturated carbocycles. The Morgan fingerprint density at radius 2 is 2.15 bits per heavy atom. The number of fused-ring (bicyclic) bond motifs is 1. The minimum Gasteiger partial charge on any atom is -0.453 e. The summed E-state index contributed by atoms with van der Waals surface area (Å²) >= 11 is 9.34. The fraction of sp³-hybridized carbons (Fsp3) is 0.130. The van der Waals surface area contributed by atoms with Crippen LogP contribution in [0, 0.1) is 17.1 Å². The Morgan fingerprint density at radius 3 is 2.91 bits per heavy atom. The van der Waals surface area contributed by atoms with Crippen LogP contribution < -0.4 is 15.8 Å². The number of benzene rings is 2. The average molecular weight is 544 g/mol. The number of carbonyl (C=O) groups excluding carboxylic acids is 1. The predicted molar refractivity (Wildman–Crippen MR) is 129 cm³/mol. The smallest absolute Gasteiger partial charge is 0.344 e. The number of carbonyl (C=O) groups is 1. The fourth-order valence-electron chi connectivity index (χ4n) is 3.33. The van der Waals surface area contributed by atoms with Crippen molar-refractivity contribution in [3.8, 4) is 17.6 Å². The van der Waals surface area contributed by atoms with E-state index in [1.807, 2.05) is 6.07 Å². The lowest BCUT2D eigenvalue weighted by molar-refractivity contribution is 0.240. The maximum absolute atomic E-state index is 15.5. The molecule has 0 saturated heterocycles. The molecule has 8 nitrogen and oxygen atoms in total. The first kappa shape index (κ1) is 23.6. The van der Waals surface area contributed by atoms with Crippen molar-refractivity contribution in [2.24, 2.45) is 5.73 Å². The molecule has 0 bridgehead atoms. The first-order valence-electron chi connectivity index (χ1n) is 10.1. The van der Waals surface area contributed by atoms with Crippen molar-refractivity contribution >= 4 is 44.6 Å². The number of aromatic nitrogens is 3. The summed E-state index contributed by atoms with van der Waals surface area (Å²) in [5.41, 5.74) is 6.85. The van der Waals surface area contributed by atoms with E-state index in [1.54, 1.807) is 30.5 Å². The zero-order valence-electron chi connectivity index (χ0n) is 17.6. The fourth-order valence-corrected chi connectivity index (χ4v) is 3.94. The van der Waals surface area contributed by atoms with Crippen LogP contribution in [0.4, 0.5) is 9.18 Å². The number of hydrogen-bond acceptors (Lipinski definition) is 6. The number of nitriles is 1. The Labute approximate surface area is 207 Å². The van der Waals surface area contributed by atoms with Crippen LogP contribution >= 0.6 is 27.5 Å². The Kier molecular flexibility index (Phi) is 7.07. The largest absolute Gasteiger partial charge is 0.453 e. The summed E-state index contributed by atoms with van der Waals surface area (Å²) in [6, 6.07) is 12.7. The molecule has 11 heteroatoms. The number of pyridine rings is 1. The van der Waals surface area contributed by atoms with Gasteiger partial charge in [-0.3, -0.25) is 0 Å². The van der Waals surface area contributed by atoms with E-state index >= 15 is 4.39 Å². The maximum Gasteiger partial charge on any atom is 0.344 e. The van der Waals surface area contributed by atoms with Crippen LogP contribution in [0.2, 0.25) is 5.02 Å². The number of nitrogens with zero attached hydrogens (tertiary/aromatic N) is 4. The summed E-state index contributed by atoms with van der Waals surface area (Å²) in [6.07, 6.45) is 1.63. The quantitative estimate of drug-likeness (QED) is 0.362. The third-order valence-corrected chi connectivity index (χ3v) is 5.68. The summed E-state index contributed by atoms with van der Waals surface area (Å²) < 4.78 is 22.8. The number of nitrogens with two attached hydrogens (primary N) is 1. The molecule has 4 rings (SSSR count). The van der Waals surface area contributed by atoms with Gasteiger partial charge in [-0.15, -0.1) is 0 Å². The molecule has 0 aliphatic carbocycles. The molecule has 0 spiro atoms. The normalized spacial score (nSPS) is 10.8. The Hall–Kier alpha value is -3.52. The summed E-state index contributed by atoms with van der Waals surface area (Å²) in [7, 11) is 0. The second-order valence-corrected chi connectivity index (χ2v) is 8.46. The highest BCUT2D eigenvalue weighted by Gasteiger charge is 2.20. The number of ether oxygens (including phenoxy) is 1. The molecule has 2 heterocycles. The number of hydrogen-bond donors (Lipinski definition) is 2. The van der Waals surface area contributed by atoms with E-state index in [2.05, 4.69) is 31.3 Å². The van der Waals surface area contributed by atoms with Gasteiger partial charge in [0.15, 0.2) is 17.2 Å². The molecule has 0 unspecified atom stereocenters. The van der Waals surface area contributed by atoms with Crippen molar-refractivity contribution in [3.05, 3.63) is 80.8 Å². The lowest BCUT2D eigenvalue weighted by atomic mass is 10.1. The van der Waals surface area contributed by atoms with Gasteiger partial charge in [0, 0.05) is 36.1 Å². The third-order valence-electron chi connectivity index (χ3n) is 4.84. The molecule has 2 aromatic heterocycles. The van der Waals surface area contributed by atoms with E-state index in [0.29, 0.717) is 31.8 Å². The minimum atomic E-state index is -0.618. The van der Waals surface area contributed by atoms with Gasteiger partial charge < -0.3 is 15.8 Å². The molecule has 0 radical (unpaired) electrons. The number of amides is 1. The SMILES string of the molecule is N#Cc1cc(Cl)cc(Oc2c(Br)ccc(Cc3nn(C(=O)NCCN)c4ncccc34)c2F)c1. The van der Waals surface area contributed by atoms with Crippen molar-refractivity contribution < 1.29 is 13.9 Å². The molecular formula is C23H17BrClFN6O2. The Bertz CT molecular complexity index is 1440. The highest BCUT2D eigenvalue weighted by Crippen LogP contribution is 2.36. The Morgan fingerprint density at radius 1 is 1.32 bits per heavy atom. The highest BCUT2D eigenvalue weighted by molar-refractivity contribution is 9.10. The van der Waals surface area contributed by atoms with Gasteiger partial charge in [0.1, 0.15) is 5.75 Å². The van der Waals surface area contributed by atoms with Crippen LogP contribution in [0.5, 0.6) is 11.5 Å². The van der Waals surface area contributed by atoms with E-state index in [0.717, 1.165) is 4.68 Å². The zero-order valence-corrected chi connectivity index (χ0v) is 19.9. The summed E-state index contributed by atoms with van der Waals surface area (Å²) in [5, 5.41) is 17.1. The first-order chi connectivity index (χ1) is 16.4. The van der Waals surface area contributed by atoms with Crippen molar-refractivity contribution in [1.82, 2.24) is 20.1 Å². The number of rotatable bonds is 6. The molecule has 172 valence electrons. The topological polar surface area (TPSA) is 119 Å². The lowest BCUT2D eigenvalue weighted by Crippen LogP contribution is -2.33. The van der Waals surface area contributed by atoms with E-state index in [-0.39, 0.29) is 36.6 Å². The summed E-state index contributed by atoms with van der Waals surface area (Å²) in [5.74, 6) is -0.463. The monoisotopic (exact) mass is 542 g/mol. The number of nitrogens with one attached hydrogen (secondary N) is 1. The van der Waals surface area contributed by atoms with Gasteiger partial charge in [0.2, 0.25) is 0 Å². The van der Waals surface area contributed by atoms with E-state index in [4.69, 9.17) is 27.3 Å². The van der Waals surface area contributed by atoms with Crippen LogP contribution in [-0.2, 0) is 6.42 Å². The van der Waals surface area contributed by atoms with Gasteiger partial charge in [-0.2, -0.15) is 15.0 Å². The number of halogens is 3. The van der Waals surface area contributed by atoms with Crippen LogP contribution in [-0.4, -0.2) is 33.9 Å². The van der Waals surface area contributed by atoms with Crippen molar-refractivity contribution in [2.45, 2.75) is 6.42 Å². The van der Waals surface area contributed by atoms with Crippen molar-refractivity contribution in [3.63, 3.8) is 0 Å². The third kappa shape index (κ3) is 4.87. The molecular weight excluding hydrogens is 527 g/mol. The van der Waals surface area contributed by atoms with Gasteiger partial charge in [0.25, 0.3) is 0 Å². The van der Waals surface area contributed by atoms with E-state index in [1.165, 1.54) is 18.2 Å². The molecule has 0 aliphatic heterocycles. The average Bonchev–Trinajstić information content (AvgIpc) is 3.20. The molecule has 34 heavy (non-hydrogen) atoms. The van der Waals surface area contributed by atoms with Gasteiger partial charge in [-0.1, -0.05) is 17.7 Å². The second-order valence-electron chi connectivity index (χ2n) is 7.17. The molecule has 4 aromatic rings. The van der Waals surface area contributed by atoms with Gasteiger partial charge in [-0.25, -0.2) is 14.2 Å². The highest BCUT2D eigenvalue weighted by atomic mass is 79.9. The summed E-state index contributed by atoms with van der Waals surface area (Å²) in [6.45, 7) is 0.558. The predicted octanol–water partition coefficient (Wildman–Crippen LogP) is 4.76. The van der Waals surface area contributed by atoms with Crippen molar-refractivity contribution in [2.75, 3.05) is 13.1 Å². The minimum absolute atomic E-state index is 0.0637. The van der Waals surface area contributed by atoms with Gasteiger partial charge in [-0.05, 0) is 57.9 Å². The second kappa shape index (κ2) is 10.2. The van der Waals surface area contributed by atoms with E-state index < -0.39 is 11.8 Å². The summed E-state index contributed by atoms with van der Waals surface area (Å²) in [4.78, 5) is 16.7. The van der Waals surface area contributed by atoms with Crippen LogP contribution in [0.15, 0.2) is 53.1 Å². The molecule has 0 fully saturated rings. The first-order valence-corrected chi connectivity index (χ1v) is 11.2. The molecule has 3 N–H and O–H groups in total. The molecule has 0 atom stereocenters. The molecule has 2 aromatic carbocycles. The Balaban J connectivity index is 1.70. The standard InChI is InChI=1S/C23H17BrClFN6O2/c24-18-4-3-14(20(26)21(18)34-16-9-13(12-28)8-15(25)11-16)10-19-17-2-1-6-29-22(17)32(31-19)23(33)30-7-5-27/h1-4,6,8-9,11H,5,7,10,27H2,(H,30,33). The zero-order chi connectivity index (χ0) is 24.2. The van der Waals surface area contributed by atoms with Crippen LogP contribution in [0.1, 0.15) is 16.8 Å².